The second kappa shape index (κ2) is 7.32. The molecule has 6 heteroatoms. The molecule has 1 fully saturated rings. The Kier molecular flexibility index (Phi) is 5.18. The summed E-state index contributed by atoms with van der Waals surface area (Å²) in [5.74, 6) is 0.946. The van der Waals surface area contributed by atoms with Gasteiger partial charge < -0.3 is 9.80 Å². The van der Waals surface area contributed by atoms with Crippen LogP contribution < -0.4 is 4.90 Å². The molecule has 120 valence electrons. The number of aromatic nitrogens is 1. The molecule has 1 aliphatic heterocycles. The normalized spacial score (nSPS) is 15.4. The maximum Gasteiger partial charge on any atom is 0.255 e. The second-order valence-corrected chi connectivity index (χ2v) is 6.77. The van der Waals surface area contributed by atoms with Crippen molar-refractivity contribution < 1.29 is 4.79 Å². The minimum atomic E-state index is 0.00113. The highest BCUT2D eigenvalue weighted by atomic mass is 79.9. The van der Waals surface area contributed by atoms with E-state index in [1.165, 1.54) is 0 Å². The lowest BCUT2D eigenvalue weighted by molar-refractivity contribution is 0.0767. The lowest BCUT2D eigenvalue weighted by atomic mass is 10.2. The van der Waals surface area contributed by atoms with E-state index in [0.717, 1.165) is 36.3 Å². The molecular formula is C17H17BrClN3O. The Bertz CT molecular complexity index is 692. The maximum atomic E-state index is 12.7. The third-order valence-corrected chi connectivity index (χ3v) is 4.72. The van der Waals surface area contributed by atoms with Crippen molar-refractivity contribution in [2.75, 3.05) is 31.1 Å². The smallest absolute Gasteiger partial charge is 0.255 e. The van der Waals surface area contributed by atoms with Gasteiger partial charge in [-0.05, 0) is 46.6 Å². The van der Waals surface area contributed by atoms with Gasteiger partial charge in [0.25, 0.3) is 5.91 Å². The fourth-order valence-electron chi connectivity index (χ4n) is 2.71. The summed E-state index contributed by atoms with van der Waals surface area (Å²) in [4.78, 5) is 21.2. The standard InChI is InChI=1S/C17H17BrClN3O/c18-13-6-7-16(20-12-13)21-8-3-9-22(11-10-21)17(23)14-4-1-2-5-15(14)19/h1-2,4-7,12H,3,8-11H2. The van der Waals surface area contributed by atoms with E-state index in [0.29, 0.717) is 17.1 Å². The Morgan fingerprint density at radius 1 is 1.09 bits per heavy atom. The lowest BCUT2D eigenvalue weighted by Crippen LogP contribution is -2.35. The summed E-state index contributed by atoms with van der Waals surface area (Å²) in [7, 11) is 0. The molecule has 1 amide bonds. The molecule has 3 rings (SSSR count). The number of anilines is 1. The average Bonchev–Trinajstić information content (AvgIpc) is 2.81. The van der Waals surface area contributed by atoms with Crippen molar-refractivity contribution in [2.45, 2.75) is 6.42 Å². The van der Waals surface area contributed by atoms with Gasteiger partial charge in [-0.3, -0.25) is 4.79 Å². The zero-order valence-corrected chi connectivity index (χ0v) is 14.9. The Balaban J connectivity index is 1.70. The van der Waals surface area contributed by atoms with Crippen LogP contribution in [0.4, 0.5) is 5.82 Å². The first kappa shape index (κ1) is 16.3. The van der Waals surface area contributed by atoms with Crippen molar-refractivity contribution in [3.63, 3.8) is 0 Å². The number of carbonyl (C=O) groups is 1. The Morgan fingerprint density at radius 3 is 2.65 bits per heavy atom. The second-order valence-electron chi connectivity index (χ2n) is 5.45. The zero-order chi connectivity index (χ0) is 16.2. The molecular weight excluding hydrogens is 378 g/mol. The Morgan fingerprint density at radius 2 is 1.91 bits per heavy atom. The fraction of sp³-hybridized carbons (Fsp3) is 0.294. The number of hydrogen-bond donors (Lipinski definition) is 0. The molecule has 0 unspecified atom stereocenters. The van der Waals surface area contributed by atoms with Crippen LogP contribution in [0.15, 0.2) is 47.1 Å². The minimum Gasteiger partial charge on any atom is -0.355 e. The molecule has 1 aliphatic rings. The highest BCUT2D eigenvalue weighted by Gasteiger charge is 2.22. The summed E-state index contributed by atoms with van der Waals surface area (Å²) in [5, 5.41) is 0.508. The van der Waals surface area contributed by atoms with E-state index < -0.39 is 0 Å². The molecule has 4 nitrogen and oxygen atoms in total. The molecule has 0 saturated carbocycles. The Hall–Kier alpha value is -1.59. The molecule has 0 aliphatic carbocycles. The first-order valence-electron chi connectivity index (χ1n) is 7.55. The van der Waals surface area contributed by atoms with Crippen molar-refractivity contribution >= 4 is 39.3 Å². The van der Waals surface area contributed by atoms with Gasteiger partial charge >= 0.3 is 0 Å². The summed E-state index contributed by atoms with van der Waals surface area (Å²) in [6.07, 6.45) is 2.71. The van der Waals surface area contributed by atoms with Gasteiger partial charge in [-0.15, -0.1) is 0 Å². The van der Waals surface area contributed by atoms with Gasteiger partial charge in [-0.25, -0.2) is 4.98 Å². The maximum absolute atomic E-state index is 12.7. The van der Waals surface area contributed by atoms with Gasteiger partial charge in [0.05, 0.1) is 10.6 Å². The van der Waals surface area contributed by atoms with E-state index in [9.17, 15) is 4.79 Å². The fourth-order valence-corrected chi connectivity index (χ4v) is 3.16. The van der Waals surface area contributed by atoms with Crippen molar-refractivity contribution in [1.29, 1.82) is 0 Å². The van der Waals surface area contributed by atoms with Crippen molar-refractivity contribution in [1.82, 2.24) is 9.88 Å². The van der Waals surface area contributed by atoms with Crippen LogP contribution in [-0.4, -0.2) is 42.0 Å². The number of nitrogens with zero attached hydrogens (tertiary/aromatic N) is 3. The first-order chi connectivity index (χ1) is 11.1. The van der Waals surface area contributed by atoms with Crippen LogP contribution >= 0.6 is 27.5 Å². The molecule has 2 aromatic rings. The molecule has 0 radical (unpaired) electrons. The third-order valence-electron chi connectivity index (χ3n) is 3.92. The van der Waals surface area contributed by atoms with E-state index in [1.54, 1.807) is 18.3 Å². The van der Waals surface area contributed by atoms with Gasteiger partial charge in [0.2, 0.25) is 0 Å². The zero-order valence-electron chi connectivity index (χ0n) is 12.6. The molecule has 1 aromatic carbocycles. The van der Waals surface area contributed by atoms with Crippen molar-refractivity contribution in [2.24, 2.45) is 0 Å². The van der Waals surface area contributed by atoms with Crippen LogP contribution in [0.25, 0.3) is 0 Å². The molecule has 1 saturated heterocycles. The molecule has 0 spiro atoms. The summed E-state index contributed by atoms with van der Waals surface area (Å²) in [5.41, 5.74) is 0.574. The van der Waals surface area contributed by atoms with Crippen LogP contribution in [-0.2, 0) is 0 Å². The van der Waals surface area contributed by atoms with Crippen LogP contribution in [0.5, 0.6) is 0 Å². The predicted octanol–water partition coefficient (Wildman–Crippen LogP) is 3.85. The minimum absolute atomic E-state index is 0.00113. The summed E-state index contributed by atoms with van der Waals surface area (Å²) in [6, 6.07) is 11.2. The molecule has 0 N–H and O–H groups in total. The van der Waals surface area contributed by atoms with E-state index >= 15 is 0 Å². The number of carbonyl (C=O) groups excluding carboxylic acids is 1. The SMILES string of the molecule is O=C(c1ccccc1Cl)N1CCCN(c2ccc(Br)cn2)CC1. The molecule has 1 aromatic heterocycles. The van der Waals surface area contributed by atoms with Crippen molar-refractivity contribution in [3.8, 4) is 0 Å². The van der Waals surface area contributed by atoms with Gasteiger partial charge in [0, 0.05) is 36.8 Å². The summed E-state index contributed by atoms with van der Waals surface area (Å²) in [6.45, 7) is 3.06. The van der Waals surface area contributed by atoms with Crippen LogP contribution in [0, 0.1) is 0 Å². The first-order valence-corrected chi connectivity index (χ1v) is 8.72. The van der Waals surface area contributed by atoms with Crippen LogP contribution in [0.2, 0.25) is 5.02 Å². The predicted molar refractivity (Wildman–Crippen MR) is 96.1 cm³/mol. The summed E-state index contributed by atoms with van der Waals surface area (Å²) >= 11 is 9.55. The van der Waals surface area contributed by atoms with Gasteiger partial charge in [0.1, 0.15) is 5.82 Å². The van der Waals surface area contributed by atoms with Crippen LogP contribution in [0.3, 0.4) is 0 Å². The third kappa shape index (κ3) is 3.85. The highest BCUT2D eigenvalue weighted by Crippen LogP contribution is 2.20. The van der Waals surface area contributed by atoms with Crippen LogP contribution in [0.1, 0.15) is 16.8 Å². The quantitative estimate of drug-likeness (QED) is 0.776. The lowest BCUT2D eigenvalue weighted by Gasteiger charge is -2.23. The number of amides is 1. The van der Waals surface area contributed by atoms with Gasteiger partial charge in [0.15, 0.2) is 0 Å². The largest absolute Gasteiger partial charge is 0.355 e. The van der Waals surface area contributed by atoms with E-state index in [-0.39, 0.29) is 5.91 Å². The molecule has 23 heavy (non-hydrogen) atoms. The highest BCUT2D eigenvalue weighted by molar-refractivity contribution is 9.10. The number of halogens is 2. The monoisotopic (exact) mass is 393 g/mol. The number of benzene rings is 1. The van der Waals surface area contributed by atoms with E-state index in [1.807, 2.05) is 29.2 Å². The average molecular weight is 395 g/mol. The van der Waals surface area contributed by atoms with Crippen molar-refractivity contribution in [3.05, 3.63) is 57.7 Å². The summed E-state index contributed by atoms with van der Waals surface area (Å²) < 4.78 is 0.964. The van der Waals surface area contributed by atoms with Gasteiger partial charge in [-0.1, -0.05) is 23.7 Å². The molecule has 0 atom stereocenters. The van der Waals surface area contributed by atoms with Gasteiger partial charge in [-0.2, -0.15) is 0 Å². The Labute approximate surface area is 149 Å². The molecule has 0 bridgehead atoms. The number of pyridine rings is 1. The number of rotatable bonds is 2. The number of hydrogen-bond acceptors (Lipinski definition) is 3. The topological polar surface area (TPSA) is 36.4 Å². The van der Waals surface area contributed by atoms with E-state index in [2.05, 4.69) is 25.8 Å². The molecule has 2 heterocycles. The van der Waals surface area contributed by atoms with E-state index in [4.69, 9.17) is 11.6 Å².